The molecule has 1 unspecified atom stereocenters. The van der Waals surface area contributed by atoms with E-state index in [4.69, 9.17) is 16.3 Å². The van der Waals surface area contributed by atoms with Gasteiger partial charge in [-0.05, 0) is 31.7 Å². The van der Waals surface area contributed by atoms with Gasteiger partial charge in [-0.2, -0.15) is 0 Å². The van der Waals surface area contributed by atoms with E-state index in [0.717, 1.165) is 32.1 Å². The Morgan fingerprint density at radius 3 is 2.88 bits per heavy atom. The topological polar surface area (TPSA) is 12.5 Å². The quantitative estimate of drug-likeness (QED) is 0.506. The van der Waals surface area contributed by atoms with E-state index in [1.807, 2.05) is 0 Å². The van der Waals surface area contributed by atoms with Crippen LogP contribution in [-0.2, 0) is 4.74 Å². The van der Waals surface area contributed by atoms with Gasteiger partial charge in [0.25, 0.3) is 0 Å². The van der Waals surface area contributed by atoms with Gasteiger partial charge >= 0.3 is 0 Å². The number of nitrogens with zero attached hydrogens (tertiary/aromatic N) is 1. The number of likely N-dealkylation sites (tertiary alicyclic amines) is 1. The molecule has 0 radical (unpaired) electrons. The highest BCUT2D eigenvalue weighted by Gasteiger charge is 2.21. The molecule has 1 saturated heterocycles. The fourth-order valence-electron chi connectivity index (χ4n) is 2.31. The number of hydrogen-bond donors (Lipinski definition) is 0. The molecule has 16 heavy (non-hydrogen) atoms. The van der Waals surface area contributed by atoms with Gasteiger partial charge in [-0.25, -0.2) is 0 Å². The minimum absolute atomic E-state index is 0.639. The highest BCUT2D eigenvalue weighted by molar-refractivity contribution is 6.17. The molecule has 1 aliphatic heterocycles. The molecular formula is C13H26ClNO. The molecule has 96 valence electrons. The lowest BCUT2D eigenvalue weighted by atomic mass is 10.0. The Balaban J connectivity index is 2.16. The van der Waals surface area contributed by atoms with Crippen LogP contribution in [-0.4, -0.2) is 43.1 Å². The molecule has 1 atom stereocenters. The number of halogens is 1. The predicted octanol–water partition coefficient (Wildman–Crippen LogP) is 3.14. The van der Waals surface area contributed by atoms with Crippen LogP contribution < -0.4 is 0 Å². The maximum absolute atomic E-state index is 5.85. The summed E-state index contributed by atoms with van der Waals surface area (Å²) in [5.41, 5.74) is 0. The molecule has 0 aromatic rings. The first-order chi connectivity index (χ1) is 7.74. The Kier molecular flexibility index (Phi) is 7.42. The zero-order valence-corrected chi connectivity index (χ0v) is 11.5. The number of alkyl halides is 1. The normalized spacial score (nSPS) is 22.9. The average molecular weight is 248 g/mol. The molecule has 3 heteroatoms. The summed E-state index contributed by atoms with van der Waals surface area (Å²) in [6.45, 7) is 8.44. The van der Waals surface area contributed by atoms with Crippen molar-refractivity contribution in [3.05, 3.63) is 0 Å². The maximum Gasteiger partial charge on any atom is 0.0593 e. The molecule has 1 heterocycles. The molecule has 0 bridgehead atoms. The van der Waals surface area contributed by atoms with Crippen LogP contribution in [0.15, 0.2) is 0 Å². The second kappa shape index (κ2) is 8.32. The largest absolute Gasteiger partial charge is 0.380 e. The van der Waals surface area contributed by atoms with Gasteiger partial charge in [0.2, 0.25) is 0 Å². The monoisotopic (exact) mass is 247 g/mol. The van der Waals surface area contributed by atoms with Gasteiger partial charge in [0.05, 0.1) is 6.61 Å². The first-order valence-corrected chi connectivity index (χ1v) is 7.15. The summed E-state index contributed by atoms with van der Waals surface area (Å²) in [5, 5.41) is 0. The fraction of sp³-hybridized carbons (Fsp3) is 1.00. The maximum atomic E-state index is 5.85. The van der Waals surface area contributed by atoms with E-state index in [-0.39, 0.29) is 0 Å². The molecule has 0 aliphatic carbocycles. The Morgan fingerprint density at radius 1 is 1.38 bits per heavy atom. The van der Waals surface area contributed by atoms with E-state index in [1.54, 1.807) is 0 Å². The predicted molar refractivity (Wildman–Crippen MR) is 70.2 cm³/mol. The lowest BCUT2D eigenvalue weighted by molar-refractivity contribution is 0.0594. The van der Waals surface area contributed by atoms with Crippen molar-refractivity contribution in [1.82, 2.24) is 4.90 Å². The van der Waals surface area contributed by atoms with Gasteiger partial charge in [-0.1, -0.05) is 20.3 Å². The van der Waals surface area contributed by atoms with E-state index >= 15 is 0 Å². The van der Waals surface area contributed by atoms with Crippen LogP contribution in [0.1, 0.15) is 39.5 Å². The first-order valence-electron chi connectivity index (χ1n) is 6.61. The highest BCUT2D eigenvalue weighted by Crippen LogP contribution is 2.19. The molecule has 1 aliphatic rings. The number of ether oxygens (including phenoxy) is 1. The molecule has 0 amide bonds. The van der Waals surface area contributed by atoms with Crippen LogP contribution in [0.25, 0.3) is 0 Å². The van der Waals surface area contributed by atoms with Crippen molar-refractivity contribution in [3.63, 3.8) is 0 Å². The third kappa shape index (κ3) is 5.51. The third-order valence-electron chi connectivity index (χ3n) is 3.17. The fourth-order valence-corrected chi connectivity index (χ4v) is 2.56. The van der Waals surface area contributed by atoms with Crippen molar-refractivity contribution in [3.8, 4) is 0 Å². The summed E-state index contributed by atoms with van der Waals surface area (Å²) in [6, 6.07) is 0.703. The van der Waals surface area contributed by atoms with Crippen molar-refractivity contribution in [1.29, 1.82) is 0 Å². The van der Waals surface area contributed by atoms with Gasteiger partial charge in [-0.3, -0.25) is 4.90 Å². The van der Waals surface area contributed by atoms with Crippen molar-refractivity contribution < 1.29 is 4.74 Å². The third-order valence-corrected chi connectivity index (χ3v) is 3.38. The molecule has 1 fully saturated rings. The van der Waals surface area contributed by atoms with Crippen molar-refractivity contribution in [2.45, 2.75) is 45.6 Å². The van der Waals surface area contributed by atoms with Gasteiger partial charge in [0.15, 0.2) is 0 Å². The summed E-state index contributed by atoms with van der Waals surface area (Å²) in [4.78, 5) is 2.56. The zero-order chi connectivity index (χ0) is 11.8. The van der Waals surface area contributed by atoms with E-state index < -0.39 is 0 Å². The van der Waals surface area contributed by atoms with Crippen molar-refractivity contribution >= 4 is 11.6 Å². The molecular weight excluding hydrogens is 222 g/mol. The summed E-state index contributed by atoms with van der Waals surface area (Å²) in [6.07, 6.45) is 5.15. The van der Waals surface area contributed by atoms with Crippen LogP contribution >= 0.6 is 11.6 Å². The molecule has 2 nitrogen and oxygen atoms in total. The van der Waals surface area contributed by atoms with Crippen LogP contribution in [0.2, 0.25) is 0 Å². The molecule has 0 spiro atoms. The summed E-state index contributed by atoms with van der Waals surface area (Å²) in [5.74, 6) is 1.42. The Hall–Kier alpha value is 0.210. The first kappa shape index (κ1) is 14.3. The second-order valence-corrected chi connectivity index (χ2v) is 5.51. The Labute approximate surface area is 105 Å². The molecule has 0 saturated carbocycles. The van der Waals surface area contributed by atoms with Crippen molar-refractivity contribution in [2.75, 3.05) is 32.2 Å². The Bertz CT molecular complexity index is 173. The number of hydrogen-bond acceptors (Lipinski definition) is 2. The molecule has 0 aromatic carbocycles. The van der Waals surface area contributed by atoms with Gasteiger partial charge < -0.3 is 4.74 Å². The lowest BCUT2D eigenvalue weighted by Gasteiger charge is -2.35. The smallest absolute Gasteiger partial charge is 0.0593 e. The van der Waals surface area contributed by atoms with Gasteiger partial charge in [0.1, 0.15) is 0 Å². The Morgan fingerprint density at radius 2 is 2.19 bits per heavy atom. The lowest BCUT2D eigenvalue weighted by Crippen LogP contribution is -2.41. The molecule has 1 rings (SSSR count). The van der Waals surface area contributed by atoms with Crippen LogP contribution in [0.3, 0.4) is 0 Å². The summed E-state index contributed by atoms with van der Waals surface area (Å²) >= 11 is 5.85. The standard InChI is InChI=1S/C13H26ClNO/c1-12(2)11-16-10-9-15-8-4-3-5-13(15)6-7-14/h12-13H,3-11H2,1-2H3. The minimum Gasteiger partial charge on any atom is -0.380 e. The SMILES string of the molecule is CC(C)COCCN1CCCCC1CCCl. The highest BCUT2D eigenvalue weighted by atomic mass is 35.5. The molecule has 0 N–H and O–H groups in total. The summed E-state index contributed by atoms with van der Waals surface area (Å²) in [7, 11) is 0. The van der Waals surface area contributed by atoms with Crippen LogP contribution in [0, 0.1) is 5.92 Å². The number of rotatable bonds is 7. The van der Waals surface area contributed by atoms with E-state index in [9.17, 15) is 0 Å². The van der Waals surface area contributed by atoms with E-state index in [0.29, 0.717) is 12.0 Å². The second-order valence-electron chi connectivity index (χ2n) is 5.13. The van der Waals surface area contributed by atoms with Gasteiger partial charge in [-0.15, -0.1) is 11.6 Å². The average Bonchev–Trinajstić information content (AvgIpc) is 2.26. The number of piperidine rings is 1. The minimum atomic E-state index is 0.639. The van der Waals surface area contributed by atoms with E-state index in [1.165, 1.54) is 25.8 Å². The van der Waals surface area contributed by atoms with Crippen LogP contribution in [0.5, 0.6) is 0 Å². The van der Waals surface area contributed by atoms with Gasteiger partial charge in [0, 0.05) is 25.1 Å². The van der Waals surface area contributed by atoms with Crippen LogP contribution in [0.4, 0.5) is 0 Å². The van der Waals surface area contributed by atoms with E-state index in [2.05, 4.69) is 18.7 Å². The zero-order valence-electron chi connectivity index (χ0n) is 10.8. The van der Waals surface area contributed by atoms with Crippen molar-refractivity contribution in [2.24, 2.45) is 5.92 Å². The molecule has 0 aromatic heterocycles. The summed E-state index contributed by atoms with van der Waals surface area (Å²) < 4.78 is 5.65.